The number of nitrogens with one attached hydrogen (secondary N) is 2. The topological polar surface area (TPSA) is 58.1 Å². The van der Waals surface area contributed by atoms with Gasteiger partial charge in [-0.25, -0.2) is 0 Å². The molecule has 1 rings (SSSR count). The number of guanidine groups is 1. The van der Waals surface area contributed by atoms with E-state index in [-0.39, 0.29) is 35.5 Å². The van der Waals surface area contributed by atoms with E-state index in [1.54, 1.807) is 7.11 Å². The van der Waals surface area contributed by atoms with Gasteiger partial charge in [-0.05, 0) is 32.6 Å². The molecule has 2 N–H and O–H groups in total. The van der Waals surface area contributed by atoms with Crippen LogP contribution in [-0.4, -0.2) is 75.5 Å². The summed E-state index contributed by atoms with van der Waals surface area (Å²) >= 11 is 0. The Kier molecular flexibility index (Phi) is 13.1. The van der Waals surface area contributed by atoms with E-state index in [1.807, 2.05) is 0 Å². The first kappa shape index (κ1) is 25.9. The number of halogens is 1. The van der Waals surface area contributed by atoms with Crippen LogP contribution in [0.3, 0.4) is 0 Å². The molecule has 0 aromatic rings. The van der Waals surface area contributed by atoms with Crippen LogP contribution >= 0.6 is 24.0 Å². The fraction of sp³-hybridized carbons (Fsp3) is 0.947. The third-order valence-corrected chi connectivity index (χ3v) is 4.45. The summed E-state index contributed by atoms with van der Waals surface area (Å²) in [5.74, 6) is 0.873. The molecular weight excluding hydrogens is 443 g/mol. The first-order chi connectivity index (χ1) is 11.8. The van der Waals surface area contributed by atoms with Crippen molar-refractivity contribution in [2.75, 3.05) is 46.4 Å². The lowest BCUT2D eigenvalue weighted by Crippen LogP contribution is -2.46. The second kappa shape index (κ2) is 13.1. The molecule has 0 bridgehead atoms. The van der Waals surface area contributed by atoms with Gasteiger partial charge in [-0.3, -0.25) is 9.89 Å². The average Bonchev–Trinajstić information content (AvgIpc) is 2.49. The van der Waals surface area contributed by atoms with Gasteiger partial charge in [0.25, 0.3) is 0 Å². The van der Waals surface area contributed by atoms with Gasteiger partial charge >= 0.3 is 0 Å². The lowest BCUT2D eigenvalue weighted by atomic mass is 9.89. The Labute approximate surface area is 177 Å². The molecule has 1 fully saturated rings. The number of ether oxygens (including phenoxy) is 2. The van der Waals surface area contributed by atoms with Crippen molar-refractivity contribution in [3.63, 3.8) is 0 Å². The van der Waals surface area contributed by atoms with Crippen LogP contribution in [0.15, 0.2) is 4.99 Å². The number of methoxy groups -OCH3 is 1. The minimum atomic E-state index is 0. The number of hydrogen-bond donors (Lipinski definition) is 2. The number of nitrogens with zero attached hydrogens (tertiary/aromatic N) is 2. The third-order valence-electron chi connectivity index (χ3n) is 4.45. The average molecular weight is 484 g/mol. The van der Waals surface area contributed by atoms with Crippen molar-refractivity contribution in [3.8, 4) is 0 Å². The minimum absolute atomic E-state index is 0. The van der Waals surface area contributed by atoms with Gasteiger partial charge in [0.05, 0.1) is 24.9 Å². The van der Waals surface area contributed by atoms with Gasteiger partial charge in [0.2, 0.25) is 0 Å². The summed E-state index contributed by atoms with van der Waals surface area (Å²) < 4.78 is 11.4. The molecular formula is C19H41IN4O2. The number of hydrogen-bond acceptors (Lipinski definition) is 4. The van der Waals surface area contributed by atoms with Gasteiger partial charge in [0.15, 0.2) is 5.96 Å². The summed E-state index contributed by atoms with van der Waals surface area (Å²) in [6.07, 6.45) is 1.87. The van der Waals surface area contributed by atoms with E-state index in [0.29, 0.717) is 18.8 Å². The Balaban J connectivity index is 0.00000625. The van der Waals surface area contributed by atoms with Crippen molar-refractivity contribution in [1.82, 2.24) is 15.5 Å². The van der Waals surface area contributed by atoms with Crippen molar-refractivity contribution < 1.29 is 9.47 Å². The van der Waals surface area contributed by atoms with E-state index in [2.05, 4.69) is 57.1 Å². The molecule has 1 saturated heterocycles. The van der Waals surface area contributed by atoms with Gasteiger partial charge in [-0.2, -0.15) is 0 Å². The fourth-order valence-corrected chi connectivity index (χ4v) is 3.19. The summed E-state index contributed by atoms with van der Waals surface area (Å²) in [5, 5.41) is 6.75. The van der Waals surface area contributed by atoms with Crippen LogP contribution in [0.25, 0.3) is 0 Å². The molecule has 156 valence electrons. The quantitative estimate of drug-likeness (QED) is 0.240. The van der Waals surface area contributed by atoms with Gasteiger partial charge in [-0.1, -0.05) is 20.8 Å². The van der Waals surface area contributed by atoms with E-state index in [4.69, 9.17) is 14.5 Å². The van der Waals surface area contributed by atoms with E-state index in [0.717, 1.165) is 45.1 Å². The Morgan fingerprint density at radius 3 is 2.35 bits per heavy atom. The zero-order chi connectivity index (χ0) is 18.9. The van der Waals surface area contributed by atoms with Crippen LogP contribution in [-0.2, 0) is 9.47 Å². The number of morpholine rings is 1. The highest BCUT2D eigenvalue weighted by Crippen LogP contribution is 2.21. The van der Waals surface area contributed by atoms with Crippen LogP contribution < -0.4 is 10.6 Å². The van der Waals surface area contributed by atoms with E-state index >= 15 is 0 Å². The number of aliphatic imine (C=N–C) groups is 1. The highest BCUT2D eigenvalue weighted by atomic mass is 127. The molecule has 0 saturated carbocycles. The molecule has 3 atom stereocenters. The second-order valence-electron chi connectivity index (χ2n) is 8.11. The minimum Gasteiger partial charge on any atom is -0.379 e. The number of rotatable bonds is 8. The molecule has 26 heavy (non-hydrogen) atoms. The maximum Gasteiger partial charge on any atom is 0.191 e. The van der Waals surface area contributed by atoms with Gasteiger partial charge in [-0.15, -0.1) is 24.0 Å². The standard InChI is InChI=1S/C19H40N4O2.HI/c1-8-20-18(22-12-17(24-7)19(4,5)6)21-10-9-11-23-13-15(2)25-16(3)14-23;/h15-17H,8-14H2,1-7H3,(H2,20,21,22);1H. The maximum absolute atomic E-state index is 5.79. The molecule has 0 radical (unpaired) electrons. The van der Waals surface area contributed by atoms with Crippen LogP contribution in [0.5, 0.6) is 0 Å². The summed E-state index contributed by atoms with van der Waals surface area (Å²) in [4.78, 5) is 7.19. The summed E-state index contributed by atoms with van der Waals surface area (Å²) in [7, 11) is 1.76. The molecule has 1 aliphatic rings. The zero-order valence-electron chi connectivity index (χ0n) is 17.8. The predicted octanol–water partition coefficient (Wildman–Crippen LogP) is 2.72. The molecule has 1 aliphatic heterocycles. The summed E-state index contributed by atoms with van der Waals surface area (Å²) in [6, 6.07) is 0. The third kappa shape index (κ3) is 10.3. The van der Waals surface area contributed by atoms with Crippen LogP contribution in [0.1, 0.15) is 48.0 Å². The van der Waals surface area contributed by atoms with Crippen molar-refractivity contribution in [3.05, 3.63) is 0 Å². The van der Waals surface area contributed by atoms with Crippen LogP contribution in [0, 0.1) is 5.41 Å². The highest BCUT2D eigenvalue weighted by molar-refractivity contribution is 14.0. The van der Waals surface area contributed by atoms with Gasteiger partial charge in [0.1, 0.15) is 0 Å². The molecule has 7 heteroatoms. The first-order valence-corrected chi connectivity index (χ1v) is 9.69. The molecule has 3 unspecified atom stereocenters. The summed E-state index contributed by atoms with van der Waals surface area (Å²) in [6.45, 7) is 18.5. The zero-order valence-corrected chi connectivity index (χ0v) is 20.1. The molecule has 6 nitrogen and oxygen atoms in total. The SMILES string of the molecule is CCNC(=NCC(OC)C(C)(C)C)NCCCN1CC(C)OC(C)C1.I. The van der Waals surface area contributed by atoms with Crippen LogP contribution in [0.4, 0.5) is 0 Å². The van der Waals surface area contributed by atoms with Crippen LogP contribution in [0.2, 0.25) is 0 Å². The molecule has 1 heterocycles. The maximum atomic E-state index is 5.79. The van der Waals surface area contributed by atoms with E-state index in [9.17, 15) is 0 Å². The van der Waals surface area contributed by atoms with Crippen molar-refractivity contribution in [2.45, 2.75) is 66.3 Å². The Bertz CT molecular complexity index is 391. The summed E-state index contributed by atoms with van der Waals surface area (Å²) in [5.41, 5.74) is 0.0826. The Morgan fingerprint density at radius 2 is 1.85 bits per heavy atom. The van der Waals surface area contributed by atoms with Gasteiger partial charge < -0.3 is 20.1 Å². The molecule has 0 aromatic carbocycles. The molecule has 0 aliphatic carbocycles. The Morgan fingerprint density at radius 1 is 1.23 bits per heavy atom. The lowest BCUT2D eigenvalue weighted by molar-refractivity contribution is -0.0679. The van der Waals surface area contributed by atoms with E-state index in [1.165, 1.54) is 0 Å². The van der Waals surface area contributed by atoms with Crippen molar-refractivity contribution in [1.29, 1.82) is 0 Å². The van der Waals surface area contributed by atoms with E-state index < -0.39 is 0 Å². The normalized spacial score (nSPS) is 23.3. The molecule has 0 aromatic heterocycles. The molecule has 0 amide bonds. The fourth-order valence-electron chi connectivity index (χ4n) is 3.19. The smallest absolute Gasteiger partial charge is 0.191 e. The lowest BCUT2D eigenvalue weighted by Gasteiger charge is -2.35. The van der Waals surface area contributed by atoms with Crippen molar-refractivity contribution in [2.24, 2.45) is 10.4 Å². The van der Waals surface area contributed by atoms with Crippen molar-refractivity contribution >= 4 is 29.9 Å². The highest BCUT2D eigenvalue weighted by Gasteiger charge is 2.24. The largest absolute Gasteiger partial charge is 0.379 e. The molecule has 0 spiro atoms. The second-order valence-corrected chi connectivity index (χ2v) is 8.11. The predicted molar refractivity (Wildman–Crippen MR) is 121 cm³/mol. The first-order valence-electron chi connectivity index (χ1n) is 9.69. The van der Waals surface area contributed by atoms with Gasteiger partial charge in [0, 0.05) is 39.8 Å². The monoisotopic (exact) mass is 484 g/mol. The Hall–Kier alpha value is -0.120.